The molecule has 2 heterocycles. The molecule has 2 aromatic heterocycles. The van der Waals surface area contributed by atoms with Gasteiger partial charge in [0.25, 0.3) is 0 Å². The van der Waals surface area contributed by atoms with Crippen LogP contribution in [0.2, 0.25) is 0 Å². The molecule has 1 aliphatic rings. The van der Waals surface area contributed by atoms with Gasteiger partial charge in [-0.05, 0) is 67.6 Å². The summed E-state index contributed by atoms with van der Waals surface area (Å²) in [5.41, 5.74) is 3.23. The first-order valence-corrected chi connectivity index (χ1v) is 14.4. The lowest BCUT2D eigenvalue weighted by Gasteiger charge is -2.12. The number of methoxy groups -OCH3 is 1. The van der Waals surface area contributed by atoms with E-state index in [9.17, 15) is 13.2 Å². The maximum atomic E-state index is 12.9. The Hall–Kier alpha value is -2.75. The van der Waals surface area contributed by atoms with Crippen LogP contribution in [-0.2, 0) is 27.5 Å². The zero-order valence-electron chi connectivity index (χ0n) is 18.7. The second-order valence-corrected chi connectivity index (χ2v) is 12.4. The van der Waals surface area contributed by atoms with E-state index in [1.54, 1.807) is 34.8 Å². The van der Waals surface area contributed by atoms with Crippen LogP contribution in [0, 0.1) is 0 Å². The molecule has 6 nitrogen and oxygen atoms in total. The van der Waals surface area contributed by atoms with Crippen molar-refractivity contribution in [2.75, 3.05) is 18.2 Å². The Bertz CT molecular complexity index is 1420. The summed E-state index contributed by atoms with van der Waals surface area (Å²) in [7, 11) is -2.05. The van der Waals surface area contributed by atoms with Crippen molar-refractivity contribution in [2.45, 2.75) is 37.0 Å². The minimum absolute atomic E-state index is 0.115. The van der Waals surface area contributed by atoms with E-state index < -0.39 is 9.84 Å². The third-order valence-corrected chi connectivity index (χ3v) is 9.94. The van der Waals surface area contributed by atoms with Gasteiger partial charge in [-0.2, -0.15) is 0 Å². The van der Waals surface area contributed by atoms with Gasteiger partial charge in [-0.15, -0.1) is 22.7 Å². The lowest BCUT2D eigenvalue weighted by molar-refractivity contribution is -0.115. The Morgan fingerprint density at radius 1 is 1.06 bits per heavy atom. The number of thiophene rings is 1. The van der Waals surface area contributed by atoms with Crippen molar-refractivity contribution < 1.29 is 17.9 Å². The molecule has 5 rings (SSSR count). The fourth-order valence-electron chi connectivity index (χ4n) is 4.18. The summed E-state index contributed by atoms with van der Waals surface area (Å²) < 4.78 is 31.6. The van der Waals surface area contributed by atoms with E-state index >= 15 is 0 Å². The number of sulfone groups is 1. The predicted molar refractivity (Wildman–Crippen MR) is 138 cm³/mol. The molecule has 0 unspecified atom stereocenters. The second kappa shape index (κ2) is 9.48. The third kappa shape index (κ3) is 4.60. The Morgan fingerprint density at radius 2 is 1.82 bits per heavy atom. The van der Waals surface area contributed by atoms with Crippen LogP contribution in [0.5, 0.6) is 5.75 Å². The minimum atomic E-state index is -3.58. The van der Waals surface area contributed by atoms with Gasteiger partial charge in [0.05, 0.1) is 28.0 Å². The number of aryl methyl sites for hydroxylation is 1. The molecule has 1 amide bonds. The zero-order chi connectivity index (χ0) is 23.7. The Kier molecular flexibility index (Phi) is 6.42. The highest BCUT2D eigenvalue weighted by Gasteiger charge is 2.25. The number of fused-ring (bicyclic) bond motifs is 2. The van der Waals surface area contributed by atoms with Gasteiger partial charge in [-0.1, -0.05) is 12.1 Å². The fourth-order valence-corrected chi connectivity index (χ4v) is 7.83. The van der Waals surface area contributed by atoms with E-state index in [1.807, 2.05) is 18.2 Å². The van der Waals surface area contributed by atoms with Gasteiger partial charge in [0.2, 0.25) is 5.91 Å². The van der Waals surface area contributed by atoms with Crippen LogP contribution >= 0.6 is 22.7 Å². The summed E-state index contributed by atoms with van der Waals surface area (Å²) in [6.07, 6.45) is 4.12. The highest BCUT2D eigenvalue weighted by Crippen LogP contribution is 2.46. The Morgan fingerprint density at radius 3 is 2.59 bits per heavy atom. The number of aromatic nitrogens is 1. The number of amides is 1. The van der Waals surface area contributed by atoms with Crippen LogP contribution in [-0.4, -0.2) is 32.2 Å². The molecular formula is C25H24N2O4S3. The number of nitrogens with one attached hydrogen (secondary N) is 1. The number of benzene rings is 2. The fraction of sp³-hybridized carbons (Fsp3) is 0.280. The van der Waals surface area contributed by atoms with E-state index in [4.69, 9.17) is 9.72 Å². The maximum Gasteiger partial charge on any atom is 0.226 e. The molecule has 0 saturated carbocycles. The molecular weight excluding hydrogens is 488 g/mol. The molecule has 1 aliphatic carbocycles. The van der Waals surface area contributed by atoms with Gasteiger partial charge >= 0.3 is 0 Å². The SMILES string of the molecule is COc1ccc(S(=O)(=O)CCC(=O)Nc2sc3c(c2-c2nc4ccccc4s2)CCCC3)cc1. The molecule has 1 N–H and O–H groups in total. The number of carbonyl (C=O) groups excluding carboxylic acids is 1. The smallest absolute Gasteiger partial charge is 0.226 e. The standard InChI is InChI=1S/C25H24N2O4S3/c1-31-16-10-12-17(13-11-16)34(29,30)15-14-22(28)27-25-23(18-6-2-4-8-20(18)32-25)24-26-19-7-3-5-9-21(19)33-24/h3,5,7,9-13H,2,4,6,8,14-15H2,1H3,(H,27,28). The molecule has 4 aromatic rings. The van der Waals surface area contributed by atoms with Crippen molar-refractivity contribution in [1.82, 2.24) is 4.98 Å². The van der Waals surface area contributed by atoms with Gasteiger partial charge in [-0.3, -0.25) is 4.79 Å². The van der Waals surface area contributed by atoms with Crippen molar-refractivity contribution in [3.05, 3.63) is 59.0 Å². The van der Waals surface area contributed by atoms with E-state index in [0.717, 1.165) is 51.5 Å². The minimum Gasteiger partial charge on any atom is -0.497 e. The molecule has 176 valence electrons. The summed E-state index contributed by atoms with van der Waals surface area (Å²) in [5.74, 6) is 0.0194. The summed E-state index contributed by atoms with van der Waals surface area (Å²) in [4.78, 5) is 19.2. The summed E-state index contributed by atoms with van der Waals surface area (Å²) in [6.45, 7) is 0. The monoisotopic (exact) mass is 512 g/mol. The van der Waals surface area contributed by atoms with Gasteiger partial charge in [0.15, 0.2) is 9.84 Å². The van der Waals surface area contributed by atoms with Crippen LogP contribution < -0.4 is 10.1 Å². The van der Waals surface area contributed by atoms with E-state index in [2.05, 4.69) is 11.4 Å². The molecule has 0 fully saturated rings. The molecule has 2 aromatic carbocycles. The molecule has 0 spiro atoms. The number of hydrogen-bond donors (Lipinski definition) is 1. The van der Waals surface area contributed by atoms with Crippen LogP contribution in [0.4, 0.5) is 5.00 Å². The average molecular weight is 513 g/mol. The first kappa shape index (κ1) is 23.0. The van der Waals surface area contributed by atoms with Gasteiger partial charge in [0, 0.05) is 16.9 Å². The molecule has 9 heteroatoms. The Labute approximate surface area is 206 Å². The number of hydrogen-bond acceptors (Lipinski definition) is 7. The number of nitrogens with zero attached hydrogens (tertiary/aromatic N) is 1. The van der Waals surface area contributed by atoms with Crippen LogP contribution in [0.25, 0.3) is 20.8 Å². The van der Waals surface area contributed by atoms with Crippen molar-refractivity contribution >= 4 is 53.6 Å². The highest BCUT2D eigenvalue weighted by atomic mass is 32.2. The van der Waals surface area contributed by atoms with Crippen molar-refractivity contribution in [2.24, 2.45) is 0 Å². The molecule has 34 heavy (non-hydrogen) atoms. The number of anilines is 1. The average Bonchev–Trinajstić information content (AvgIpc) is 3.43. The zero-order valence-corrected chi connectivity index (χ0v) is 21.1. The molecule has 0 radical (unpaired) electrons. The van der Waals surface area contributed by atoms with Gasteiger partial charge in [-0.25, -0.2) is 13.4 Å². The quantitative estimate of drug-likeness (QED) is 0.343. The van der Waals surface area contributed by atoms with E-state index in [0.29, 0.717) is 5.75 Å². The topological polar surface area (TPSA) is 85.4 Å². The van der Waals surface area contributed by atoms with Crippen molar-refractivity contribution in [1.29, 1.82) is 0 Å². The third-order valence-electron chi connectivity index (χ3n) is 5.95. The summed E-state index contributed by atoms with van der Waals surface area (Å²) in [6, 6.07) is 14.2. The molecule has 0 saturated heterocycles. The van der Waals surface area contributed by atoms with Crippen molar-refractivity contribution in [3.63, 3.8) is 0 Å². The lowest BCUT2D eigenvalue weighted by Crippen LogP contribution is -2.17. The van der Waals surface area contributed by atoms with Crippen LogP contribution in [0.3, 0.4) is 0 Å². The highest BCUT2D eigenvalue weighted by molar-refractivity contribution is 7.91. The number of para-hydroxylation sites is 1. The second-order valence-electron chi connectivity index (χ2n) is 8.19. The van der Waals surface area contributed by atoms with E-state index in [-0.39, 0.29) is 23.0 Å². The van der Waals surface area contributed by atoms with E-state index in [1.165, 1.54) is 29.7 Å². The molecule has 0 bridgehead atoms. The van der Waals surface area contributed by atoms with Crippen LogP contribution in [0.15, 0.2) is 53.4 Å². The number of rotatable bonds is 7. The first-order chi connectivity index (χ1) is 16.4. The number of thiazole rings is 1. The maximum absolute atomic E-state index is 12.9. The molecule has 0 atom stereocenters. The van der Waals surface area contributed by atoms with Crippen LogP contribution in [0.1, 0.15) is 29.7 Å². The summed E-state index contributed by atoms with van der Waals surface area (Å²) in [5, 5.41) is 4.69. The number of carbonyl (C=O) groups is 1. The predicted octanol–water partition coefficient (Wildman–Crippen LogP) is 5.71. The Balaban J connectivity index is 1.37. The lowest BCUT2D eigenvalue weighted by atomic mass is 9.96. The molecule has 0 aliphatic heterocycles. The van der Waals surface area contributed by atoms with Crippen molar-refractivity contribution in [3.8, 4) is 16.3 Å². The summed E-state index contributed by atoms with van der Waals surface area (Å²) >= 11 is 3.23. The first-order valence-electron chi connectivity index (χ1n) is 11.1. The van der Waals surface area contributed by atoms with Gasteiger partial charge < -0.3 is 10.1 Å². The number of ether oxygens (including phenoxy) is 1. The normalized spacial score (nSPS) is 13.6. The van der Waals surface area contributed by atoms with Gasteiger partial charge in [0.1, 0.15) is 15.8 Å². The largest absolute Gasteiger partial charge is 0.497 e.